The van der Waals surface area contributed by atoms with Gasteiger partial charge in [0.15, 0.2) is 0 Å². The number of pyridine rings is 1. The fourth-order valence-electron chi connectivity index (χ4n) is 3.66. The lowest BCUT2D eigenvalue weighted by Crippen LogP contribution is -2.33. The van der Waals surface area contributed by atoms with Crippen molar-refractivity contribution in [2.75, 3.05) is 13.1 Å². The zero-order valence-electron chi connectivity index (χ0n) is 13.8. The molecular formula is C18H21N5O. The van der Waals surface area contributed by atoms with E-state index in [0.717, 1.165) is 61.2 Å². The molecule has 6 nitrogen and oxygen atoms in total. The van der Waals surface area contributed by atoms with Crippen molar-refractivity contribution >= 4 is 17.4 Å². The summed E-state index contributed by atoms with van der Waals surface area (Å²) in [7, 11) is 0. The molecule has 0 spiro atoms. The number of carbonyl (C=O) groups is 1. The van der Waals surface area contributed by atoms with Gasteiger partial charge in [0, 0.05) is 43.0 Å². The summed E-state index contributed by atoms with van der Waals surface area (Å²) in [5, 5.41) is 5.89. The van der Waals surface area contributed by atoms with Crippen molar-refractivity contribution in [1.29, 1.82) is 0 Å². The Hall–Kier alpha value is -2.63. The monoisotopic (exact) mass is 323 g/mol. The normalized spacial score (nSPS) is 18.2. The van der Waals surface area contributed by atoms with Crippen LogP contribution in [0.3, 0.4) is 0 Å². The summed E-state index contributed by atoms with van der Waals surface area (Å²) in [6.45, 7) is 3.79. The molecule has 1 atom stereocenters. The SMILES string of the molecule is CCc1nn(-c2ccnc3[nH]ccc23)cc1C1CCCN(C=O)C1. The summed E-state index contributed by atoms with van der Waals surface area (Å²) in [6, 6.07) is 4.02. The number of nitrogens with zero attached hydrogens (tertiary/aromatic N) is 4. The lowest BCUT2D eigenvalue weighted by atomic mass is 9.90. The highest BCUT2D eigenvalue weighted by atomic mass is 16.1. The predicted octanol–water partition coefficient (Wildman–Crippen LogP) is 2.65. The van der Waals surface area contributed by atoms with Gasteiger partial charge in [-0.1, -0.05) is 6.92 Å². The lowest BCUT2D eigenvalue weighted by Gasteiger charge is -2.29. The number of H-pyrrole nitrogens is 1. The number of likely N-dealkylation sites (tertiary alicyclic amines) is 1. The van der Waals surface area contributed by atoms with Crippen LogP contribution in [0, 0.1) is 0 Å². The first-order valence-corrected chi connectivity index (χ1v) is 8.50. The number of aryl methyl sites for hydroxylation is 1. The van der Waals surface area contributed by atoms with Gasteiger partial charge < -0.3 is 9.88 Å². The number of hydrogen-bond acceptors (Lipinski definition) is 3. The van der Waals surface area contributed by atoms with Gasteiger partial charge >= 0.3 is 0 Å². The average Bonchev–Trinajstić information content (AvgIpc) is 3.28. The van der Waals surface area contributed by atoms with Crippen molar-refractivity contribution in [3.05, 3.63) is 42.0 Å². The maximum atomic E-state index is 11.1. The second-order valence-electron chi connectivity index (χ2n) is 6.34. The standard InChI is InChI=1S/C18H21N5O/c1-2-16-15(13-4-3-9-22(10-13)12-24)11-23(21-16)17-6-8-20-18-14(17)5-7-19-18/h5-8,11-13H,2-4,9-10H2,1H3,(H,19,20). The van der Waals surface area contributed by atoms with Crippen molar-refractivity contribution in [2.45, 2.75) is 32.1 Å². The third-order valence-corrected chi connectivity index (χ3v) is 4.88. The molecule has 0 saturated carbocycles. The highest BCUT2D eigenvalue weighted by Crippen LogP contribution is 2.30. The minimum Gasteiger partial charge on any atom is -0.346 e. The Bertz CT molecular complexity index is 865. The van der Waals surface area contributed by atoms with Crippen LogP contribution in [0.25, 0.3) is 16.7 Å². The zero-order chi connectivity index (χ0) is 16.5. The van der Waals surface area contributed by atoms with Crippen molar-refractivity contribution < 1.29 is 4.79 Å². The van der Waals surface area contributed by atoms with E-state index in [1.54, 1.807) is 6.20 Å². The van der Waals surface area contributed by atoms with Gasteiger partial charge in [0.2, 0.25) is 6.41 Å². The summed E-state index contributed by atoms with van der Waals surface area (Å²) in [4.78, 5) is 20.5. The Labute approximate surface area is 140 Å². The number of piperidine rings is 1. The second kappa shape index (κ2) is 6.11. The van der Waals surface area contributed by atoms with Crippen molar-refractivity contribution in [3.8, 4) is 5.69 Å². The number of aromatic nitrogens is 4. The summed E-state index contributed by atoms with van der Waals surface area (Å²) >= 11 is 0. The van der Waals surface area contributed by atoms with E-state index in [4.69, 9.17) is 5.10 Å². The molecule has 1 saturated heterocycles. The van der Waals surface area contributed by atoms with E-state index in [1.807, 2.05) is 27.9 Å². The van der Waals surface area contributed by atoms with Crippen LogP contribution < -0.4 is 0 Å². The minimum absolute atomic E-state index is 0.371. The van der Waals surface area contributed by atoms with Gasteiger partial charge in [-0.25, -0.2) is 9.67 Å². The molecule has 1 fully saturated rings. The molecule has 1 unspecified atom stereocenters. The van der Waals surface area contributed by atoms with Gasteiger partial charge in [-0.15, -0.1) is 0 Å². The molecule has 1 aliphatic rings. The minimum atomic E-state index is 0.371. The van der Waals surface area contributed by atoms with E-state index in [2.05, 4.69) is 23.1 Å². The van der Waals surface area contributed by atoms with E-state index in [9.17, 15) is 4.79 Å². The molecule has 6 heteroatoms. The highest BCUT2D eigenvalue weighted by molar-refractivity contribution is 5.84. The van der Waals surface area contributed by atoms with E-state index in [0.29, 0.717) is 5.92 Å². The Balaban J connectivity index is 1.75. The van der Waals surface area contributed by atoms with Gasteiger partial charge in [0.1, 0.15) is 5.65 Å². The summed E-state index contributed by atoms with van der Waals surface area (Å²) in [5.41, 5.74) is 4.29. The second-order valence-corrected chi connectivity index (χ2v) is 6.34. The molecule has 124 valence electrons. The Morgan fingerprint density at radius 1 is 1.42 bits per heavy atom. The number of hydrogen-bond donors (Lipinski definition) is 1. The number of amides is 1. The van der Waals surface area contributed by atoms with Crippen molar-refractivity contribution in [3.63, 3.8) is 0 Å². The van der Waals surface area contributed by atoms with Gasteiger partial charge in [-0.3, -0.25) is 4.79 Å². The third-order valence-electron chi connectivity index (χ3n) is 4.88. The molecule has 1 aliphatic heterocycles. The van der Waals surface area contributed by atoms with Gasteiger partial charge in [0.25, 0.3) is 0 Å². The molecule has 1 N–H and O–H groups in total. The van der Waals surface area contributed by atoms with E-state index in [1.165, 1.54) is 5.56 Å². The van der Waals surface area contributed by atoms with Crippen LogP contribution in [0.5, 0.6) is 0 Å². The number of fused-ring (bicyclic) bond motifs is 1. The topological polar surface area (TPSA) is 66.8 Å². The van der Waals surface area contributed by atoms with Crippen LogP contribution in [0.1, 0.15) is 36.9 Å². The van der Waals surface area contributed by atoms with E-state index < -0.39 is 0 Å². The molecule has 4 heterocycles. The molecule has 3 aromatic rings. The Morgan fingerprint density at radius 2 is 2.33 bits per heavy atom. The van der Waals surface area contributed by atoms with Crippen LogP contribution in [-0.4, -0.2) is 44.1 Å². The first-order chi connectivity index (χ1) is 11.8. The molecule has 4 rings (SSSR count). The summed E-state index contributed by atoms with van der Waals surface area (Å²) in [6.07, 6.45) is 9.86. The number of rotatable bonds is 4. The van der Waals surface area contributed by atoms with Crippen LogP contribution in [-0.2, 0) is 11.2 Å². The van der Waals surface area contributed by atoms with Crippen LogP contribution >= 0.6 is 0 Å². The number of aromatic amines is 1. The molecular weight excluding hydrogens is 302 g/mol. The molecule has 24 heavy (non-hydrogen) atoms. The van der Waals surface area contributed by atoms with Gasteiger partial charge in [-0.2, -0.15) is 5.10 Å². The van der Waals surface area contributed by atoms with Gasteiger partial charge in [-0.05, 0) is 37.0 Å². The number of carbonyl (C=O) groups excluding carboxylic acids is 1. The first kappa shape index (κ1) is 14.9. The highest BCUT2D eigenvalue weighted by Gasteiger charge is 2.24. The van der Waals surface area contributed by atoms with Gasteiger partial charge in [0.05, 0.1) is 11.4 Å². The quantitative estimate of drug-likeness (QED) is 0.751. The maximum Gasteiger partial charge on any atom is 0.209 e. The van der Waals surface area contributed by atoms with Crippen molar-refractivity contribution in [2.24, 2.45) is 0 Å². The van der Waals surface area contributed by atoms with Crippen LogP contribution in [0.4, 0.5) is 0 Å². The lowest BCUT2D eigenvalue weighted by molar-refractivity contribution is -0.119. The third kappa shape index (κ3) is 2.48. The molecule has 0 bridgehead atoms. The molecule has 0 radical (unpaired) electrons. The zero-order valence-corrected chi connectivity index (χ0v) is 13.8. The summed E-state index contributed by atoms with van der Waals surface area (Å²) in [5.74, 6) is 0.371. The van der Waals surface area contributed by atoms with Crippen LogP contribution in [0.2, 0.25) is 0 Å². The Kier molecular flexibility index (Phi) is 3.80. The largest absolute Gasteiger partial charge is 0.346 e. The maximum absolute atomic E-state index is 11.1. The fourth-order valence-corrected chi connectivity index (χ4v) is 3.66. The van der Waals surface area contributed by atoms with E-state index in [-0.39, 0.29) is 0 Å². The molecule has 0 aliphatic carbocycles. The molecule has 0 aromatic carbocycles. The molecule has 1 amide bonds. The first-order valence-electron chi connectivity index (χ1n) is 8.50. The number of nitrogens with one attached hydrogen (secondary N) is 1. The van der Waals surface area contributed by atoms with E-state index >= 15 is 0 Å². The smallest absolute Gasteiger partial charge is 0.209 e. The fraction of sp³-hybridized carbons (Fsp3) is 0.389. The van der Waals surface area contributed by atoms with Crippen molar-refractivity contribution in [1.82, 2.24) is 24.6 Å². The Morgan fingerprint density at radius 3 is 3.17 bits per heavy atom. The summed E-state index contributed by atoms with van der Waals surface area (Å²) < 4.78 is 1.96. The average molecular weight is 323 g/mol. The predicted molar refractivity (Wildman–Crippen MR) is 92.2 cm³/mol. The molecule has 3 aromatic heterocycles. The van der Waals surface area contributed by atoms with Crippen LogP contribution in [0.15, 0.2) is 30.7 Å².